The van der Waals surface area contributed by atoms with Crippen molar-refractivity contribution in [3.63, 3.8) is 0 Å². The number of sulfone groups is 1. The first-order chi connectivity index (χ1) is 7.96. The molecule has 6 heteroatoms. The van der Waals surface area contributed by atoms with E-state index in [-0.39, 0.29) is 23.3 Å². The number of rotatable bonds is 2. The van der Waals surface area contributed by atoms with E-state index in [0.29, 0.717) is 18.5 Å². The Kier molecular flexibility index (Phi) is 3.24. The molecule has 1 aromatic carbocycles. The lowest BCUT2D eigenvalue weighted by Crippen LogP contribution is -2.32. The minimum absolute atomic E-state index is 0.0440. The monoisotopic (exact) mass is 259 g/mol. The van der Waals surface area contributed by atoms with Crippen molar-refractivity contribution in [2.24, 2.45) is 0 Å². The van der Waals surface area contributed by atoms with Gasteiger partial charge in [0.2, 0.25) is 0 Å². The minimum Gasteiger partial charge on any atom is -0.505 e. The zero-order valence-corrected chi connectivity index (χ0v) is 10.0. The van der Waals surface area contributed by atoms with Crippen molar-refractivity contribution >= 4 is 15.5 Å². The highest BCUT2D eigenvalue weighted by Gasteiger charge is 2.23. The number of phenolic OH excluding ortho intramolecular Hbond substituents is 1. The Labute approximate surface area is 99.4 Å². The van der Waals surface area contributed by atoms with Crippen molar-refractivity contribution in [3.05, 3.63) is 24.0 Å². The fourth-order valence-electron chi connectivity index (χ4n) is 1.87. The maximum absolute atomic E-state index is 13.1. The Morgan fingerprint density at radius 2 is 1.94 bits per heavy atom. The molecule has 1 aliphatic heterocycles. The van der Waals surface area contributed by atoms with E-state index in [1.807, 2.05) is 0 Å². The third-order valence-electron chi connectivity index (χ3n) is 2.87. The minimum atomic E-state index is -2.88. The first kappa shape index (κ1) is 12.2. The molecule has 17 heavy (non-hydrogen) atoms. The van der Waals surface area contributed by atoms with E-state index in [4.69, 9.17) is 5.11 Å². The first-order valence-corrected chi connectivity index (χ1v) is 7.24. The van der Waals surface area contributed by atoms with Crippen LogP contribution in [0.15, 0.2) is 18.2 Å². The molecule has 0 radical (unpaired) electrons. The summed E-state index contributed by atoms with van der Waals surface area (Å²) in [6.07, 6.45) is 1.07. The van der Waals surface area contributed by atoms with E-state index in [1.54, 1.807) is 6.07 Å². The average molecular weight is 259 g/mol. The molecule has 0 aromatic heterocycles. The van der Waals surface area contributed by atoms with Crippen molar-refractivity contribution in [2.75, 3.05) is 16.8 Å². The molecule has 0 saturated carbocycles. The SMILES string of the molecule is O=S1(=O)CCC(Nc2ccc(O)c(F)c2)CC1. The normalized spacial score (nSPS) is 20.1. The van der Waals surface area contributed by atoms with Gasteiger partial charge in [-0.05, 0) is 25.0 Å². The molecule has 4 nitrogen and oxygen atoms in total. The molecule has 1 fully saturated rings. The lowest BCUT2D eigenvalue weighted by atomic mass is 10.1. The van der Waals surface area contributed by atoms with Gasteiger partial charge in [-0.15, -0.1) is 0 Å². The number of aromatic hydroxyl groups is 1. The second-order valence-electron chi connectivity index (χ2n) is 4.24. The van der Waals surface area contributed by atoms with E-state index in [2.05, 4.69) is 5.32 Å². The van der Waals surface area contributed by atoms with Gasteiger partial charge in [0.15, 0.2) is 11.6 Å². The van der Waals surface area contributed by atoms with Gasteiger partial charge in [0.05, 0.1) is 11.5 Å². The van der Waals surface area contributed by atoms with Gasteiger partial charge in [-0.25, -0.2) is 12.8 Å². The predicted octanol–water partition coefficient (Wildman–Crippen LogP) is 1.52. The molecule has 2 N–H and O–H groups in total. The van der Waals surface area contributed by atoms with Gasteiger partial charge < -0.3 is 10.4 Å². The molecule has 0 amide bonds. The topological polar surface area (TPSA) is 66.4 Å². The number of halogens is 1. The standard InChI is InChI=1S/C11H14FNO3S/c12-10-7-9(1-2-11(10)14)13-8-3-5-17(15,16)6-4-8/h1-2,7-8,13-14H,3-6H2. The maximum Gasteiger partial charge on any atom is 0.166 e. The summed E-state index contributed by atoms with van der Waals surface area (Å²) in [5, 5.41) is 12.1. The van der Waals surface area contributed by atoms with Gasteiger partial charge in [0, 0.05) is 17.8 Å². The first-order valence-electron chi connectivity index (χ1n) is 5.42. The molecule has 0 bridgehead atoms. The third-order valence-corrected chi connectivity index (χ3v) is 4.59. The van der Waals surface area contributed by atoms with Gasteiger partial charge in [-0.3, -0.25) is 0 Å². The van der Waals surface area contributed by atoms with Crippen LogP contribution in [0.1, 0.15) is 12.8 Å². The Morgan fingerprint density at radius 3 is 2.53 bits per heavy atom. The lowest BCUT2D eigenvalue weighted by molar-refractivity contribution is 0.432. The van der Waals surface area contributed by atoms with Crippen molar-refractivity contribution in [1.82, 2.24) is 0 Å². The second kappa shape index (κ2) is 4.52. The van der Waals surface area contributed by atoms with Crippen molar-refractivity contribution in [3.8, 4) is 5.75 Å². The molecule has 0 spiro atoms. The molecule has 94 valence electrons. The molecule has 0 atom stereocenters. The fourth-order valence-corrected chi connectivity index (χ4v) is 3.36. The van der Waals surface area contributed by atoms with Crippen LogP contribution >= 0.6 is 0 Å². The molecular weight excluding hydrogens is 245 g/mol. The number of anilines is 1. The number of phenols is 1. The van der Waals surface area contributed by atoms with Crippen LogP contribution in [0, 0.1) is 5.82 Å². The van der Waals surface area contributed by atoms with Crippen LogP contribution in [-0.2, 0) is 9.84 Å². The Bertz CT molecular complexity index is 501. The van der Waals surface area contributed by atoms with E-state index < -0.39 is 15.7 Å². The smallest absolute Gasteiger partial charge is 0.166 e. The van der Waals surface area contributed by atoms with Crippen LogP contribution in [-0.4, -0.2) is 31.1 Å². The summed E-state index contributed by atoms with van der Waals surface area (Å²) in [6, 6.07) is 4.10. The highest BCUT2D eigenvalue weighted by Crippen LogP contribution is 2.22. The highest BCUT2D eigenvalue weighted by molar-refractivity contribution is 7.91. The van der Waals surface area contributed by atoms with Crippen LogP contribution in [0.4, 0.5) is 10.1 Å². The van der Waals surface area contributed by atoms with Gasteiger partial charge in [0.1, 0.15) is 9.84 Å². The van der Waals surface area contributed by atoms with Crippen LogP contribution < -0.4 is 5.32 Å². The molecule has 1 saturated heterocycles. The Hall–Kier alpha value is -1.30. The summed E-state index contributed by atoms with van der Waals surface area (Å²) in [5.41, 5.74) is 0.560. The van der Waals surface area contributed by atoms with Gasteiger partial charge in [-0.2, -0.15) is 0 Å². The van der Waals surface area contributed by atoms with E-state index in [9.17, 15) is 12.8 Å². The van der Waals surface area contributed by atoms with Crippen LogP contribution in [0.3, 0.4) is 0 Å². The molecule has 0 aliphatic carbocycles. The number of hydrogen-bond acceptors (Lipinski definition) is 4. The molecule has 2 rings (SSSR count). The zero-order chi connectivity index (χ0) is 12.5. The molecule has 1 aromatic rings. The van der Waals surface area contributed by atoms with E-state index in [0.717, 1.165) is 0 Å². The lowest BCUT2D eigenvalue weighted by Gasteiger charge is -2.24. The maximum atomic E-state index is 13.1. The molecule has 0 unspecified atom stereocenters. The van der Waals surface area contributed by atoms with Crippen LogP contribution in [0.5, 0.6) is 5.75 Å². The summed E-state index contributed by atoms with van der Waals surface area (Å²) >= 11 is 0. The average Bonchev–Trinajstić information content (AvgIpc) is 2.27. The van der Waals surface area contributed by atoms with Crippen LogP contribution in [0.2, 0.25) is 0 Å². The Morgan fingerprint density at radius 1 is 1.29 bits per heavy atom. The van der Waals surface area contributed by atoms with Crippen LogP contribution in [0.25, 0.3) is 0 Å². The van der Waals surface area contributed by atoms with Gasteiger partial charge in [-0.1, -0.05) is 0 Å². The van der Waals surface area contributed by atoms with Crippen molar-refractivity contribution in [1.29, 1.82) is 0 Å². The van der Waals surface area contributed by atoms with Gasteiger partial charge >= 0.3 is 0 Å². The molecule has 1 heterocycles. The van der Waals surface area contributed by atoms with Crippen molar-refractivity contribution < 1.29 is 17.9 Å². The van der Waals surface area contributed by atoms with Gasteiger partial charge in [0.25, 0.3) is 0 Å². The summed E-state index contributed by atoms with van der Waals surface area (Å²) in [7, 11) is -2.88. The molecule has 1 aliphatic rings. The third kappa shape index (κ3) is 3.09. The number of benzene rings is 1. The summed E-state index contributed by atoms with van der Waals surface area (Å²) in [6.45, 7) is 0. The van der Waals surface area contributed by atoms with E-state index >= 15 is 0 Å². The quantitative estimate of drug-likeness (QED) is 0.790. The summed E-state index contributed by atoms with van der Waals surface area (Å²) in [4.78, 5) is 0. The molecular formula is C11H14FNO3S. The second-order valence-corrected chi connectivity index (χ2v) is 6.54. The largest absolute Gasteiger partial charge is 0.505 e. The summed E-state index contributed by atoms with van der Waals surface area (Å²) < 4.78 is 35.5. The zero-order valence-electron chi connectivity index (χ0n) is 9.19. The number of hydrogen-bond donors (Lipinski definition) is 2. The highest BCUT2D eigenvalue weighted by atomic mass is 32.2. The number of nitrogens with one attached hydrogen (secondary N) is 1. The predicted molar refractivity (Wildman–Crippen MR) is 63.4 cm³/mol. The Balaban J connectivity index is 2.00. The van der Waals surface area contributed by atoms with Crippen molar-refractivity contribution in [2.45, 2.75) is 18.9 Å². The van der Waals surface area contributed by atoms with E-state index in [1.165, 1.54) is 12.1 Å². The summed E-state index contributed by atoms with van der Waals surface area (Å²) in [5.74, 6) is -0.726. The fraction of sp³-hybridized carbons (Fsp3) is 0.455.